The number of aromatic carboxylic acids is 2. The first kappa shape index (κ1) is 11.6. The zero-order valence-electron chi connectivity index (χ0n) is 8.13. The fourth-order valence-electron chi connectivity index (χ4n) is 0.981. The predicted octanol–water partition coefficient (Wildman–Crippen LogP) is 0.403. The van der Waals surface area contributed by atoms with E-state index in [9.17, 15) is 14.4 Å². The van der Waals surface area contributed by atoms with Crippen LogP contribution in [-0.2, 0) is 4.79 Å². The first-order valence-electron chi connectivity index (χ1n) is 4.08. The summed E-state index contributed by atoms with van der Waals surface area (Å²) in [6.45, 7) is 1.12. The SMILES string of the molecule is CC(=O)Oc1ccc(C(=O)O)c(C(=O)O)n1. The molecule has 16 heavy (non-hydrogen) atoms. The van der Waals surface area contributed by atoms with Crippen molar-refractivity contribution in [2.24, 2.45) is 0 Å². The summed E-state index contributed by atoms with van der Waals surface area (Å²) in [6, 6.07) is 2.12. The Balaban J connectivity index is 3.22. The molecule has 0 fully saturated rings. The fraction of sp³-hybridized carbons (Fsp3) is 0.111. The molecule has 2 N–H and O–H groups in total. The lowest BCUT2D eigenvalue weighted by molar-refractivity contribution is -0.132. The highest BCUT2D eigenvalue weighted by atomic mass is 16.5. The molecule has 84 valence electrons. The molecule has 0 saturated carbocycles. The number of nitrogens with zero attached hydrogens (tertiary/aromatic N) is 1. The van der Waals surface area contributed by atoms with Gasteiger partial charge >= 0.3 is 17.9 Å². The van der Waals surface area contributed by atoms with Crippen molar-refractivity contribution in [3.63, 3.8) is 0 Å². The number of carboxylic acids is 2. The summed E-state index contributed by atoms with van der Waals surface area (Å²) in [5, 5.41) is 17.4. The minimum atomic E-state index is -1.51. The normalized spacial score (nSPS) is 9.56. The minimum absolute atomic E-state index is 0.255. The molecule has 0 atom stereocenters. The number of hydrogen-bond donors (Lipinski definition) is 2. The quantitative estimate of drug-likeness (QED) is 0.715. The summed E-state index contributed by atoms with van der Waals surface area (Å²) in [4.78, 5) is 35.3. The Bertz CT molecular complexity index is 467. The molecule has 0 amide bonds. The van der Waals surface area contributed by atoms with Crippen molar-refractivity contribution in [3.8, 4) is 5.88 Å². The van der Waals surface area contributed by atoms with E-state index in [1.807, 2.05) is 0 Å². The molecule has 0 aromatic carbocycles. The van der Waals surface area contributed by atoms with Gasteiger partial charge in [-0.2, -0.15) is 0 Å². The second kappa shape index (κ2) is 4.39. The molecule has 0 aliphatic rings. The monoisotopic (exact) mass is 225 g/mol. The maximum Gasteiger partial charge on any atom is 0.355 e. The van der Waals surface area contributed by atoms with Crippen molar-refractivity contribution in [1.82, 2.24) is 4.98 Å². The average molecular weight is 225 g/mol. The van der Waals surface area contributed by atoms with Crippen LogP contribution in [0.1, 0.15) is 27.8 Å². The fourth-order valence-corrected chi connectivity index (χ4v) is 0.981. The highest BCUT2D eigenvalue weighted by Crippen LogP contribution is 2.13. The van der Waals surface area contributed by atoms with E-state index >= 15 is 0 Å². The minimum Gasteiger partial charge on any atom is -0.478 e. The smallest absolute Gasteiger partial charge is 0.355 e. The molecular weight excluding hydrogens is 218 g/mol. The summed E-state index contributed by atoms with van der Waals surface area (Å²) >= 11 is 0. The maximum atomic E-state index is 10.7. The predicted molar refractivity (Wildman–Crippen MR) is 49.5 cm³/mol. The van der Waals surface area contributed by atoms with Gasteiger partial charge in [0.05, 0.1) is 5.56 Å². The van der Waals surface area contributed by atoms with E-state index in [1.165, 1.54) is 0 Å². The number of esters is 1. The van der Waals surface area contributed by atoms with Crippen molar-refractivity contribution in [1.29, 1.82) is 0 Å². The van der Waals surface area contributed by atoms with Gasteiger partial charge in [-0.05, 0) is 6.07 Å². The molecular formula is C9H7NO6. The van der Waals surface area contributed by atoms with Crippen LogP contribution in [0.25, 0.3) is 0 Å². The molecule has 0 radical (unpaired) electrons. The Hall–Kier alpha value is -2.44. The number of hydrogen-bond acceptors (Lipinski definition) is 5. The zero-order chi connectivity index (χ0) is 12.3. The second-order valence-electron chi connectivity index (χ2n) is 2.75. The third-order valence-corrected chi connectivity index (χ3v) is 1.55. The molecule has 7 nitrogen and oxygen atoms in total. The lowest BCUT2D eigenvalue weighted by atomic mass is 10.2. The van der Waals surface area contributed by atoms with Gasteiger partial charge in [-0.25, -0.2) is 14.6 Å². The summed E-state index contributed by atoms with van der Waals surface area (Å²) in [5.74, 6) is -3.85. The van der Waals surface area contributed by atoms with Crippen molar-refractivity contribution in [3.05, 3.63) is 23.4 Å². The van der Waals surface area contributed by atoms with Crippen LogP contribution in [0.4, 0.5) is 0 Å². The molecule has 0 unspecified atom stereocenters. The summed E-state index contributed by atoms with van der Waals surface area (Å²) in [7, 11) is 0. The van der Waals surface area contributed by atoms with Crippen LogP contribution in [0.5, 0.6) is 5.88 Å². The van der Waals surface area contributed by atoms with Gasteiger partial charge in [0.15, 0.2) is 5.69 Å². The first-order valence-corrected chi connectivity index (χ1v) is 4.08. The third-order valence-electron chi connectivity index (χ3n) is 1.55. The van der Waals surface area contributed by atoms with Gasteiger partial charge < -0.3 is 14.9 Å². The van der Waals surface area contributed by atoms with E-state index < -0.39 is 29.2 Å². The van der Waals surface area contributed by atoms with Gasteiger partial charge in [0, 0.05) is 13.0 Å². The van der Waals surface area contributed by atoms with Crippen molar-refractivity contribution >= 4 is 17.9 Å². The Labute approximate surface area is 89.3 Å². The topological polar surface area (TPSA) is 114 Å². The van der Waals surface area contributed by atoms with Crippen LogP contribution in [0, 0.1) is 0 Å². The number of aromatic nitrogens is 1. The van der Waals surface area contributed by atoms with Gasteiger partial charge in [0.2, 0.25) is 5.88 Å². The van der Waals surface area contributed by atoms with Crippen molar-refractivity contribution in [2.45, 2.75) is 6.92 Å². The summed E-state index contributed by atoms with van der Waals surface area (Å²) in [6.07, 6.45) is 0. The second-order valence-corrected chi connectivity index (χ2v) is 2.75. The highest BCUT2D eigenvalue weighted by molar-refractivity contribution is 6.00. The summed E-state index contributed by atoms with van der Waals surface area (Å²) < 4.78 is 4.53. The standard InChI is InChI=1S/C9H7NO6/c1-4(11)16-6-3-2-5(8(12)13)7(10-6)9(14)15/h2-3H,1H3,(H,12,13)(H,14,15). The Morgan fingerprint density at radius 2 is 1.81 bits per heavy atom. The Morgan fingerprint density at radius 1 is 1.19 bits per heavy atom. The average Bonchev–Trinajstić information content (AvgIpc) is 2.16. The van der Waals surface area contributed by atoms with Crippen LogP contribution in [-0.4, -0.2) is 33.1 Å². The molecule has 0 bridgehead atoms. The van der Waals surface area contributed by atoms with Gasteiger partial charge in [0.25, 0.3) is 0 Å². The van der Waals surface area contributed by atoms with Crippen LogP contribution in [0.15, 0.2) is 12.1 Å². The Kier molecular flexibility index (Phi) is 3.19. The number of pyridine rings is 1. The van der Waals surface area contributed by atoms with Gasteiger partial charge in [-0.1, -0.05) is 0 Å². The number of carbonyl (C=O) groups is 3. The van der Waals surface area contributed by atoms with E-state index in [-0.39, 0.29) is 5.88 Å². The lowest BCUT2D eigenvalue weighted by Gasteiger charge is -2.03. The largest absolute Gasteiger partial charge is 0.478 e. The summed E-state index contributed by atoms with van der Waals surface area (Å²) in [5.41, 5.74) is -1.14. The van der Waals surface area contributed by atoms with Gasteiger partial charge in [-0.15, -0.1) is 0 Å². The lowest BCUT2D eigenvalue weighted by Crippen LogP contribution is -2.12. The van der Waals surface area contributed by atoms with Crippen LogP contribution in [0.2, 0.25) is 0 Å². The zero-order valence-corrected chi connectivity index (χ0v) is 8.13. The number of carbonyl (C=O) groups excluding carboxylic acids is 1. The van der Waals surface area contributed by atoms with E-state index in [2.05, 4.69) is 9.72 Å². The van der Waals surface area contributed by atoms with Crippen LogP contribution >= 0.6 is 0 Å². The molecule has 1 aromatic heterocycles. The van der Waals surface area contributed by atoms with E-state index in [0.717, 1.165) is 19.1 Å². The third kappa shape index (κ3) is 2.53. The van der Waals surface area contributed by atoms with E-state index in [1.54, 1.807) is 0 Å². The molecule has 0 aliphatic heterocycles. The first-order chi connectivity index (χ1) is 7.41. The molecule has 0 aliphatic carbocycles. The molecule has 1 rings (SSSR count). The Morgan fingerprint density at radius 3 is 2.25 bits per heavy atom. The van der Waals surface area contributed by atoms with Crippen LogP contribution < -0.4 is 4.74 Å². The van der Waals surface area contributed by atoms with E-state index in [0.29, 0.717) is 0 Å². The van der Waals surface area contributed by atoms with Gasteiger partial charge in [0.1, 0.15) is 0 Å². The molecule has 1 aromatic rings. The highest BCUT2D eigenvalue weighted by Gasteiger charge is 2.19. The maximum absolute atomic E-state index is 10.7. The van der Waals surface area contributed by atoms with Crippen LogP contribution in [0.3, 0.4) is 0 Å². The molecule has 1 heterocycles. The molecule has 0 saturated heterocycles. The van der Waals surface area contributed by atoms with Gasteiger partial charge in [-0.3, -0.25) is 4.79 Å². The van der Waals surface area contributed by atoms with Crippen molar-refractivity contribution in [2.75, 3.05) is 0 Å². The van der Waals surface area contributed by atoms with Crippen molar-refractivity contribution < 1.29 is 29.3 Å². The number of rotatable bonds is 3. The van der Waals surface area contributed by atoms with E-state index in [4.69, 9.17) is 10.2 Å². The number of carboxylic acid groups (broad SMARTS) is 2. The number of ether oxygens (including phenoxy) is 1. The molecule has 7 heteroatoms. The molecule has 0 spiro atoms.